The van der Waals surface area contributed by atoms with Gasteiger partial charge in [-0.05, 0) is 41.5 Å². The minimum absolute atomic E-state index is 0.202. The Kier molecular flexibility index (Phi) is 7.29. The molecule has 1 aromatic rings. The summed E-state index contributed by atoms with van der Waals surface area (Å²) in [7, 11) is 1.45. The van der Waals surface area contributed by atoms with Crippen LogP contribution in [0.2, 0.25) is 0 Å². The first-order valence-corrected chi connectivity index (χ1v) is 10.8. The maximum atomic E-state index is 12.9. The van der Waals surface area contributed by atoms with Crippen LogP contribution >= 0.6 is 0 Å². The van der Waals surface area contributed by atoms with Gasteiger partial charge in [-0.1, -0.05) is 30.3 Å². The molecule has 32 heavy (non-hydrogen) atoms. The van der Waals surface area contributed by atoms with Crippen LogP contribution in [0.5, 0.6) is 0 Å². The van der Waals surface area contributed by atoms with E-state index in [2.05, 4.69) is 0 Å². The van der Waals surface area contributed by atoms with Crippen molar-refractivity contribution in [3.63, 3.8) is 0 Å². The molecule has 8 heteroatoms. The number of benzene rings is 1. The van der Waals surface area contributed by atoms with Crippen LogP contribution in [0.25, 0.3) is 0 Å². The van der Waals surface area contributed by atoms with Crippen molar-refractivity contribution < 1.29 is 38.0 Å². The molecule has 2 fully saturated rings. The second-order valence-corrected chi connectivity index (χ2v) is 10.2. The standard InChI is InChI=1S/C24H34O8/c1-23(2,3)21(25)31-17-16-15(13-28-19(30-16)14-11-9-8-10-12-14)29-20(27-7)18(17)32-22(26)24(4,5)6/h8-12,15-20H,13H2,1-7H3/t15-,16-,17+,18-,19?,20+/m1/s1. The molecule has 0 spiro atoms. The first kappa shape index (κ1) is 24.6. The van der Waals surface area contributed by atoms with Crippen molar-refractivity contribution in [2.45, 2.75) is 78.5 Å². The molecule has 0 N–H and O–H groups in total. The molecule has 0 aliphatic carbocycles. The van der Waals surface area contributed by atoms with Crippen molar-refractivity contribution in [3.05, 3.63) is 35.9 Å². The second kappa shape index (κ2) is 9.47. The number of carbonyl (C=O) groups is 2. The second-order valence-electron chi connectivity index (χ2n) is 10.2. The largest absolute Gasteiger partial charge is 0.455 e. The molecule has 1 unspecified atom stereocenters. The third-order valence-corrected chi connectivity index (χ3v) is 5.30. The van der Waals surface area contributed by atoms with E-state index in [4.69, 9.17) is 28.4 Å². The van der Waals surface area contributed by atoms with E-state index in [-0.39, 0.29) is 6.61 Å². The number of methoxy groups -OCH3 is 1. The van der Waals surface area contributed by atoms with Crippen molar-refractivity contribution in [2.24, 2.45) is 10.8 Å². The van der Waals surface area contributed by atoms with Crippen molar-refractivity contribution in [2.75, 3.05) is 13.7 Å². The summed E-state index contributed by atoms with van der Waals surface area (Å²) >= 11 is 0. The Labute approximate surface area is 189 Å². The molecule has 2 heterocycles. The van der Waals surface area contributed by atoms with Crippen LogP contribution in [-0.2, 0) is 38.0 Å². The smallest absolute Gasteiger partial charge is 0.311 e. The lowest BCUT2D eigenvalue weighted by Gasteiger charge is -2.48. The topological polar surface area (TPSA) is 89.5 Å². The van der Waals surface area contributed by atoms with Crippen molar-refractivity contribution in [1.29, 1.82) is 0 Å². The Hall–Kier alpha value is -2.00. The Morgan fingerprint density at radius 2 is 1.44 bits per heavy atom. The van der Waals surface area contributed by atoms with Crippen LogP contribution in [0.1, 0.15) is 53.4 Å². The van der Waals surface area contributed by atoms with Gasteiger partial charge < -0.3 is 28.4 Å². The molecule has 2 aliphatic rings. The van der Waals surface area contributed by atoms with Gasteiger partial charge in [-0.3, -0.25) is 9.59 Å². The zero-order chi connectivity index (χ0) is 23.7. The Morgan fingerprint density at radius 3 is 1.97 bits per heavy atom. The van der Waals surface area contributed by atoms with Gasteiger partial charge in [0.05, 0.1) is 17.4 Å². The maximum Gasteiger partial charge on any atom is 0.311 e. The monoisotopic (exact) mass is 450 g/mol. The van der Waals surface area contributed by atoms with Gasteiger partial charge in [-0.25, -0.2) is 0 Å². The summed E-state index contributed by atoms with van der Waals surface area (Å²) in [5.74, 6) is -0.906. The molecular weight excluding hydrogens is 416 g/mol. The fourth-order valence-electron chi connectivity index (χ4n) is 3.38. The third-order valence-electron chi connectivity index (χ3n) is 5.30. The fourth-order valence-corrected chi connectivity index (χ4v) is 3.38. The first-order valence-electron chi connectivity index (χ1n) is 10.8. The van der Waals surface area contributed by atoms with E-state index in [1.54, 1.807) is 41.5 Å². The van der Waals surface area contributed by atoms with Crippen molar-refractivity contribution >= 4 is 11.9 Å². The van der Waals surface area contributed by atoms with Crippen LogP contribution < -0.4 is 0 Å². The molecule has 178 valence electrons. The molecule has 8 nitrogen and oxygen atoms in total. The SMILES string of the molecule is CO[C@H]1O[C@@H]2COC(c3ccccc3)O[C@H]2[C@H](OC(=O)C(C)(C)C)[C@H]1OC(=O)C(C)(C)C. The van der Waals surface area contributed by atoms with Gasteiger partial charge in [0, 0.05) is 12.7 Å². The Morgan fingerprint density at radius 1 is 0.875 bits per heavy atom. The van der Waals surface area contributed by atoms with E-state index < -0.39 is 59.8 Å². The zero-order valence-electron chi connectivity index (χ0n) is 19.8. The van der Waals surface area contributed by atoms with Crippen LogP contribution in [-0.4, -0.2) is 56.4 Å². The Bertz CT molecular complexity index is 794. The van der Waals surface area contributed by atoms with Gasteiger partial charge in [-0.2, -0.15) is 0 Å². The number of rotatable bonds is 4. The summed E-state index contributed by atoms with van der Waals surface area (Å²) in [5.41, 5.74) is -0.709. The van der Waals surface area contributed by atoms with Gasteiger partial charge in [0.15, 0.2) is 24.8 Å². The highest BCUT2D eigenvalue weighted by atomic mass is 16.8. The highest BCUT2D eigenvalue weighted by Crippen LogP contribution is 2.38. The van der Waals surface area contributed by atoms with E-state index >= 15 is 0 Å². The first-order chi connectivity index (χ1) is 14.9. The molecule has 0 saturated carbocycles. The number of hydrogen-bond donors (Lipinski definition) is 0. The van der Waals surface area contributed by atoms with E-state index in [9.17, 15) is 9.59 Å². The number of hydrogen-bond acceptors (Lipinski definition) is 8. The molecule has 0 radical (unpaired) electrons. The number of fused-ring (bicyclic) bond motifs is 1. The number of esters is 2. The van der Waals surface area contributed by atoms with E-state index in [1.165, 1.54) is 7.11 Å². The molecule has 0 amide bonds. The minimum Gasteiger partial charge on any atom is -0.455 e. The van der Waals surface area contributed by atoms with E-state index in [0.717, 1.165) is 5.56 Å². The highest BCUT2D eigenvalue weighted by molar-refractivity contribution is 5.76. The molecule has 0 aromatic heterocycles. The lowest BCUT2D eigenvalue weighted by atomic mass is 9.93. The molecule has 2 saturated heterocycles. The quantitative estimate of drug-likeness (QED) is 0.645. The van der Waals surface area contributed by atoms with Gasteiger partial charge in [0.1, 0.15) is 12.2 Å². The predicted molar refractivity (Wildman–Crippen MR) is 114 cm³/mol. The molecule has 2 aliphatic heterocycles. The summed E-state index contributed by atoms with van der Waals surface area (Å²) in [4.78, 5) is 25.6. The average molecular weight is 451 g/mol. The highest BCUT2D eigenvalue weighted by Gasteiger charge is 2.55. The average Bonchev–Trinajstić information content (AvgIpc) is 2.73. The Balaban J connectivity index is 1.93. The van der Waals surface area contributed by atoms with Crippen molar-refractivity contribution in [3.8, 4) is 0 Å². The zero-order valence-corrected chi connectivity index (χ0v) is 19.8. The third kappa shape index (κ3) is 5.49. The predicted octanol–water partition coefficient (Wildman–Crippen LogP) is 3.39. The van der Waals surface area contributed by atoms with Gasteiger partial charge in [-0.15, -0.1) is 0 Å². The van der Waals surface area contributed by atoms with Gasteiger partial charge in [0.25, 0.3) is 0 Å². The molecule has 3 rings (SSSR count). The molecule has 0 bridgehead atoms. The van der Waals surface area contributed by atoms with E-state index in [1.807, 2.05) is 30.3 Å². The van der Waals surface area contributed by atoms with Crippen LogP contribution in [0.4, 0.5) is 0 Å². The molecule has 1 aromatic carbocycles. The fraction of sp³-hybridized carbons (Fsp3) is 0.667. The lowest BCUT2D eigenvalue weighted by molar-refractivity contribution is -0.360. The lowest BCUT2D eigenvalue weighted by Crippen LogP contribution is -2.64. The maximum absolute atomic E-state index is 12.9. The minimum atomic E-state index is -1.01. The summed E-state index contributed by atoms with van der Waals surface area (Å²) in [6.45, 7) is 10.7. The molecule has 6 atom stereocenters. The summed E-state index contributed by atoms with van der Waals surface area (Å²) in [6, 6.07) is 9.45. The van der Waals surface area contributed by atoms with Crippen LogP contribution in [0, 0.1) is 10.8 Å². The van der Waals surface area contributed by atoms with Gasteiger partial charge >= 0.3 is 11.9 Å². The molecular formula is C24H34O8. The normalized spacial score (nSPS) is 30.8. The van der Waals surface area contributed by atoms with Crippen LogP contribution in [0.3, 0.4) is 0 Å². The number of ether oxygens (including phenoxy) is 6. The van der Waals surface area contributed by atoms with Crippen molar-refractivity contribution in [1.82, 2.24) is 0 Å². The van der Waals surface area contributed by atoms with Gasteiger partial charge in [0.2, 0.25) is 0 Å². The number of carbonyl (C=O) groups excluding carboxylic acids is 2. The van der Waals surface area contributed by atoms with Crippen LogP contribution in [0.15, 0.2) is 30.3 Å². The summed E-state index contributed by atoms with van der Waals surface area (Å²) < 4.78 is 35.3. The summed E-state index contributed by atoms with van der Waals surface area (Å²) in [5, 5.41) is 0. The summed E-state index contributed by atoms with van der Waals surface area (Å²) in [6.07, 6.45) is -4.84. The van der Waals surface area contributed by atoms with E-state index in [0.29, 0.717) is 0 Å².